The van der Waals surface area contributed by atoms with Crippen LogP contribution in [0.25, 0.3) is 0 Å². The van der Waals surface area contributed by atoms with Crippen molar-refractivity contribution < 1.29 is 9.53 Å². The van der Waals surface area contributed by atoms with Crippen LogP contribution in [-0.4, -0.2) is 12.6 Å². The van der Waals surface area contributed by atoms with Gasteiger partial charge in [0.1, 0.15) is 0 Å². The summed E-state index contributed by atoms with van der Waals surface area (Å²) in [4.78, 5) is 11.2. The normalized spacial score (nSPS) is 12.2. The summed E-state index contributed by atoms with van der Waals surface area (Å²) in [6.45, 7) is 2.14. The number of hydrogen-bond acceptors (Lipinski definition) is 3. The number of carbonyl (C=O) groups excluding carboxylic acids is 1. The first-order valence-corrected chi connectivity index (χ1v) is 6.07. The Balaban J connectivity index is 2.69. The first kappa shape index (κ1) is 13.5. The maximum Gasteiger partial charge on any atom is 0.307 e. The van der Waals surface area contributed by atoms with Gasteiger partial charge in [0.2, 0.25) is 0 Å². The van der Waals surface area contributed by atoms with E-state index in [1.807, 2.05) is 6.07 Å². The predicted octanol–water partition coefficient (Wildman–Crippen LogP) is 3.06. The van der Waals surface area contributed by atoms with Gasteiger partial charge in [-0.2, -0.15) is 0 Å². The van der Waals surface area contributed by atoms with Gasteiger partial charge in [0.15, 0.2) is 0 Å². The van der Waals surface area contributed by atoms with Gasteiger partial charge < -0.3 is 10.5 Å². The molecular weight excluding hydrogens is 293 g/mol. The van der Waals surface area contributed by atoms with E-state index in [0.29, 0.717) is 11.6 Å². The lowest BCUT2D eigenvalue weighted by atomic mass is 10.1. The minimum Gasteiger partial charge on any atom is -0.466 e. The van der Waals surface area contributed by atoms with Crippen molar-refractivity contribution >= 4 is 33.5 Å². The van der Waals surface area contributed by atoms with Crippen molar-refractivity contribution in [1.82, 2.24) is 0 Å². The highest BCUT2D eigenvalue weighted by atomic mass is 79.9. The molecule has 0 unspecified atom stereocenters. The van der Waals surface area contributed by atoms with Crippen molar-refractivity contribution in [2.75, 3.05) is 6.61 Å². The van der Waals surface area contributed by atoms with Gasteiger partial charge in [-0.1, -0.05) is 17.7 Å². The number of esters is 1. The smallest absolute Gasteiger partial charge is 0.307 e. The van der Waals surface area contributed by atoms with Gasteiger partial charge in [-0.3, -0.25) is 4.79 Å². The van der Waals surface area contributed by atoms with Crippen molar-refractivity contribution in [3.63, 3.8) is 0 Å². The SMILES string of the molecule is CCOC(=O)C[C@H](N)c1ccc(Cl)c(Br)c1. The van der Waals surface area contributed by atoms with E-state index in [4.69, 9.17) is 22.1 Å². The first-order valence-electron chi connectivity index (χ1n) is 4.90. The Bertz CT molecular complexity index is 384. The average Bonchev–Trinajstić information content (AvgIpc) is 2.22. The molecule has 0 aromatic heterocycles. The molecule has 5 heteroatoms. The third kappa shape index (κ3) is 3.77. The van der Waals surface area contributed by atoms with E-state index in [1.165, 1.54) is 0 Å². The summed E-state index contributed by atoms with van der Waals surface area (Å²) >= 11 is 9.17. The Morgan fingerprint density at radius 1 is 1.62 bits per heavy atom. The molecule has 0 bridgehead atoms. The molecule has 0 saturated heterocycles. The minimum absolute atomic E-state index is 0.169. The summed E-state index contributed by atoms with van der Waals surface area (Å²) < 4.78 is 5.60. The van der Waals surface area contributed by atoms with Crippen molar-refractivity contribution in [2.45, 2.75) is 19.4 Å². The van der Waals surface area contributed by atoms with Crippen molar-refractivity contribution in [1.29, 1.82) is 0 Å². The number of benzene rings is 1. The van der Waals surface area contributed by atoms with Crippen LogP contribution in [-0.2, 0) is 9.53 Å². The van der Waals surface area contributed by atoms with Crippen LogP contribution in [0.1, 0.15) is 24.9 Å². The second-order valence-electron chi connectivity index (χ2n) is 3.29. The standard InChI is InChI=1S/C11H13BrClNO2/c1-2-16-11(15)6-10(14)7-3-4-9(13)8(12)5-7/h3-5,10H,2,6,14H2,1H3/t10-/m0/s1. The molecule has 0 fully saturated rings. The third-order valence-electron chi connectivity index (χ3n) is 2.06. The van der Waals surface area contributed by atoms with Crippen molar-refractivity contribution in [3.05, 3.63) is 33.3 Å². The third-order valence-corrected chi connectivity index (χ3v) is 3.28. The van der Waals surface area contributed by atoms with Gasteiger partial charge in [0, 0.05) is 10.5 Å². The van der Waals surface area contributed by atoms with Crippen LogP contribution in [0.2, 0.25) is 5.02 Å². The zero-order valence-corrected chi connectivity index (χ0v) is 11.2. The molecule has 2 N–H and O–H groups in total. The highest BCUT2D eigenvalue weighted by Gasteiger charge is 2.13. The molecule has 16 heavy (non-hydrogen) atoms. The van der Waals surface area contributed by atoms with Crippen molar-refractivity contribution in [3.8, 4) is 0 Å². The molecule has 0 amide bonds. The Labute approximate surface area is 108 Å². The molecule has 0 aliphatic carbocycles. The molecule has 0 aliphatic heterocycles. The van der Waals surface area contributed by atoms with Gasteiger partial charge in [0.05, 0.1) is 18.1 Å². The monoisotopic (exact) mass is 305 g/mol. The quantitative estimate of drug-likeness (QED) is 0.870. The van der Waals surface area contributed by atoms with Crippen LogP contribution >= 0.6 is 27.5 Å². The molecule has 3 nitrogen and oxygen atoms in total. The van der Waals surface area contributed by atoms with Gasteiger partial charge in [-0.15, -0.1) is 0 Å². The van der Waals surface area contributed by atoms with E-state index in [1.54, 1.807) is 19.1 Å². The van der Waals surface area contributed by atoms with Crippen LogP contribution in [0, 0.1) is 0 Å². The average molecular weight is 307 g/mol. The zero-order valence-electron chi connectivity index (χ0n) is 8.87. The lowest BCUT2D eigenvalue weighted by molar-refractivity contribution is -0.143. The lowest BCUT2D eigenvalue weighted by Gasteiger charge is -2.11. The van der Waals surface area contributed by atoms with Gasteiger partial charge >= 0.3 is 5.97 Å². The molecule has 0 saturated carbocycles. The van der Waals surface area contributed by atoms with Crippen molar-refractivity contribution in [2.24, 2.45) is 5.73 Å². The zero-order chi connectivity index (χ0) is 12.1. The van der Waals surface area contributed by atoms with Crippen LogP contribution in [0.5, 0.6) is 0 Å². The lowest BCUT2D eigenvalue weighted by Crippen LogP contribution is -2.17. The van der Waals surface area contributed by atoms with Gasteiger partial charge in [0.25, 0.3) is 0 Å². The molecule has 0 spiro atoms. The molecule has 88 valence electrons. The molecule has 0 aliphatic rings. The summed E-state index contributed by atoms with van der Waals surface area (Å²) in [5.74, 6) is -0.291. The maximum atomic E-state index is 11.2. The van der Waals surface area contributed by atoms with E-state index in [0.717, 1.165) is 10.0 Å². The summed E-state index contributed by atoms with van der Waals surface area (Å²) in [6.07, 6.45) is 0.169. The van der Waals surface area contributed by atoms with Gasteiger partial charge in [-0.25, -0.2) is 0 Å². The van der Waals surface area contributed by atoms with E-state index < -0.39 is 0 Å². The summed E-state index contributed by atoms with van der Waals surface area (Å²) in [6, 6.07) is 4.99. The van der Waals surface area contributed by atoms with E-state index in [9.17, 15) is 4.79 Å². The predicted molar refractivity (Wildman–Crippen MR) is 67.3 cm³/mol. The van der Waals surface area contributed by atoms with Crippen LogP contribution in [0.3, 0.4) is 0 Å². The summed E-state index contributed by atoms with van der Waals surface area (Å²) in [5.41, 5.74) is 6.73. The second-order valence-corrected chi connectivity index (χ2v) is 4.55. The highest BCUT2D eigenvalue weighted by Crippen LogP contribution is 2.26. The number of carbonyl (C=O) groups is 1. The summed E-state index contributed by atoms with van der Waals surface area (Å²) in [7, 11) is 0. The first-order chi connectivity index (χ1) is 7.54. The molecular formula is C11H13BrClNO2. The summed E-state index contributed by atoms with van der Waals surface area (Å²) in [5, 5.41) is 0.618. The maximum absolute atomic E-state index is 11.2. The largest absolute Gasteiger partial charge is 0.466 e. The molecule has 1 atom stereocenters. The van der Waals surface area contributed by atoms with Crippen LogP contribution in [0.4, 0.5) is 0 Å². The Hall–Kier alpha value is -0.580. The molecule has 1 aromatic rings. The number of halogens is 2. The Morgan fingerprint density at radius 3 is 2.88 bits per heavy atom. The number of hydrogen-bond donors (Lipinski definition) is 1. The molecule has 0 radical (unpaired) electrons. The number of ether oxygens (including phenoxy) is 1. The fourth-order valence-corrected chi connectivity index (χ4v) is 1.77. The highest BCUT2D eigenvalue weighted by molar-refractivity contribution is 9.10. The van der Waals surface area contributed by atoms with E-state index in [-0.39, 0.29) is 18.4 Å². The van der Waals surface area contributed by atoms with E-state index in [2.05, 4.69) is 15.9 Å². The van der Waals surface area contributed by atoms with Crippen LogP contribution < -0.4 is 5.73 Å². The van der Waals surface area contributed by atoms with Crippen LogP contribution in [0.15, 0.2) is 22.7 Å². The Morgan fingerprint density at radius 2 is 2.31 bits per heavy atom. The fourth-order valence-electron chi connectivity index (χ4n) is 1.26. The fraction of sp³-hybridized carbons (Fsp3) is 0.364. The minimum atomic E-state index is -0.368. The Kier molecular flexibility index (Phi) is 5.25. The molecule has 0 heterocycles. The molecule has 1 rings (SSSR count). The molecule has 1 aromatic carbocycles. The van der Waals surface area contributed by atoms with E-state index >= 15 is 0 Å². The van der Waals surface area contributed by atoms with Gasteiger partial charge in [-0.05, 0) is 40.5 Å². The number of rotatable bonds is 4. The number of nitrogens with two attached hydrogens (primary N) is 1. The second kappa shape index (κ2) is 6.23. The topological polar surface area (TPSA) is 52.3 Å².